The summed E-state index contributed by atoms with van der Waals surface area (Å²) in [7, 11) is 0. The fourth-order valence-electron chi connectivity index (χ4n) is 3.64. The molecule has 0 saturated carbocycles. The Bertz CT molecular complexity index is 961. The molecule has 0 saturated heterocycles. The highest BCUT2D eigenvalue weighted by Gasteiger charge is 2.16. The summed E-state index contributed by atoms with van der Waals surface area (Å²) in [5, 5.41) is 0.680. The first-order valence-electron chi connectivity index (χ1n) is 9.09. The molecule has 4 rings (SSSR count). The van der Waals surface area contributed by atoms with E-state index in [1.165, 1.54) is 17.7 Å². The highest BCUT2D eigenvalue weighted by atomic mass is 16.1. The summed E-state index contributed by atoms with van der Waals surface area (Å²) in [6.45, 7) is 3.72. The van der Waals surface area contributed by atoms with Gasteiger partial charge in [-0.15, -0.1) is 0 Å². The molecular formula is C21H23N3O. The second-order valence-corrected chi connectivity index (χ2v) is 6.73. The van der Waals surface area contributed by atoms with Gasteiger partial charge in [-0.1, -0.05) is 31.2 Å². The van der Waals surface area contributed by atoms with E-state index in [1.807, 2.05) is 12.1 Å². The van der Waals surface area contributed by atoms with Crippen molar-refractivity contribution in [2.75, 3.05) is 11.4 Å². The first kappa shape index (κ1) is 15.9. The monoisotopic (exact) mass is 333 g/mol. The molecule has 3 aromatic rings. The molecule has 0 spiro atoms. The van der Waals surface area contributed by atoms with Crippen LogP contribution in [-0.2, 0) is 19.4 Å². The number of hydrogen-bond donors (Lipinski definition) is 1. The van der Waals surface area contributed by atoms with E-state index in [1.54, 1.807) is 0 Å². The van der Waals surface area contributed by atoms with Crippen LogP contribution in [0.4, 0.5) is 5.69 Å². The van der Waals surface area contributed by atoms with Crippen molar-refractivity contribution in [3.63, 3.8) is 0 Å². The topological polar surface area (TPSA) is 49.0 Å². The zero-order valence-corrected chi connectivity index (χ0v) is 14.6. The van der Waals surface area contributed by atoms with Crippen LogP contribution in [0.15, 0.2) is 47.3 Å². The number of para-hydroxylation sites is 1. The molecule has 0 bridgehead atoms. The number of aryl methyl sites for hydroxylation is 2. The van der Waals surface area contributed by atoms with Gasteiger partial charge in [-0.05, 0) is 55.0 Å². The predicted molar refractivity (Wildman–Crippen MR) is 102 cm³/mol. The average molecular weight is 333 g/mol. The van der Waals surface area contributed by atoms with Gasteiger partial charge in [0.2, 0.25) is 0 Å². The normalized spacial score (nSPS) is 14.4. The van der Waals surface area contributed by atoms with Crippen molar-refractivity contribution in [2.24, 2.45) is 0 Å². The van der Waals surface area contributed by atoms with Crippen LogP contribution in [0.25, 0.3) is 10.9 Å². The smallest absolute Gasteiger partial charge is 0.258 e. The molecule has 2 heterocycles. The summed E-state index contributed by atoms with van der Waals surface area (Å²) in [6, 6.07) is 14.5. The van der Waals surface area contributed by atoms with Gasteiger partial charge in [-0.3, -0.25) is 4.79 Å². The molecule has 4 heteroatoms. The third-order valence-corrected chi connectivity index (χ3v) is 5.02. The average Bonchev–Trinajstić information content (AvgIpc) is 2.84. The molecule has 4 nitrogen and oxygen atoms in total. The molecule has 0 amide bonds. The lowest BCUT2D eigenvalue weighted by molar-refractivity contribution is 0.699. The fraction of sp³-hybridized carbons (Fsp3) is 0.333. The Morgan fingerprint density at radius 2 is 2.04 bits per heavy atom. The molecule has 128 valence electrons. The van der Waals surface area contributed by atoms with Crippen molar-refractivity contribution >= 4 is 16.6 Å². The maximum Gasteiger partial charge on any atom is 0.258 e. The van der Waals surface area contributed by atoms with Crippen molar-refractivity contribution in [3.8, 4) is 0 Å². The van der Waals surface area contributed by atoms with Gasteiger partial charge in [0.25, 0.3) is 5.56 Å². The van der Waals surface area contributed by atoms with Gasteiger partial charge < -0.3 is 9.88 Å². The van der Waals surface area contributed by atoms with Crippen LogP contribution in [0.2, 0.25) is 0 Å². The maximum absolute atomic E-state index is 12.5. The van der Waals surface area contributed by atoms with Crippen molar-refractivity contribution in [1.82, 2.24) is 9.97 Å². The first-order chi connectivity index (χ1) is 12.2. The Hall–Kier alpha value is -2.62. The summed E-state index contributed by atoms with van der Waals surface area (Å²) in [5.74, 6) is 0.735. The Kier molecular flexibility index (Phi) is 4.26. The fourth-order valence-corrected chi connectivity index (χ4v) is 3.64. The number of H-pyrrole nitrogens is 1. The number of rotatable bonds is 3. The molecule has 0 unspecified atom stereocenters. The van der Waals surface area contributed by atoms with Crippen LogP contribution in [-0.4, -0.2) is 16.5 Å². The highest BCUT2D eigenvalue weighted by molar-refractivity contribution is 5.78. The number of fused-ring (bicyclic) bond motifs is 2. The van der Waals surface area contributed by atoms with Gasteiger partial charge in [0, 0.05) is 12.2 Å². The summed E-state index contributed by atoms with van der Waals surface area (Å²) >= 11 is 0. The second kappa shape index (κ2) is 6.71. The number of aromatic amines is 1. The van der Waals surface area contributed by atoms with Crippen molar-refractivity contribution < 1.29 is 0 Å². The lowest BCUT2D eigenvalue weighted by atomic mass is 10.1. The molecule has 2 aromatic carbocycles. The molecule has 0 radical (unpaired) electrons. The molecule has 0 fully saturated rings. The Morgan fingerprint density at radius 3 is 2.92 bits per heavy atom. The van der Waals surface area contributed by atoms with Gasteiger partial charge in [-0.25, -0.2) is 4.98 Å². The van der Waals surface area contributed by atoms with E-state index in [-0.39, 0.29) is 5.56 Å². The van der Waals surface area contributed by atoms with Crippen molar-refractivity contribution in [1.29, 1.82) is 0 Å². The highest BCUT2D eigenvalue weighted by Crippen LogP contribution is 2.27. The minimum atomic E-state index is -0.0431. The first-order valence-corrected chi connectivity index (χ1v) is 9.09. The lowest BCUT2D eigenvalue weighted by Gasteiger charge is -2.24. The lowest BCUT2D eigenvalue weighted by Crippen LogP contribution is -2.26. The molecule has 0 aliphatic carbocycles. The minimum Gasteiger partial charge on any atom is -0.364 e. The zero-order valence-electron chi connectivity index (χ0n) is 14.6. The van der Waals surface area contributed by atoms with Crippen LogP contribution < -0.4 is 10.5 Å². The summed E-state index contributed by atoms with van der Waals surface area (Å²) in [6.07, 6.45) is 4.40. The van der Waals surface area contributed by atoms with E-state index in [0.29, 0.717) is 11.9 Å². The summed E-state index contributed by atoms with van der Waals surface area (Å²) < 4.78 is 0. The second-order valence-electron chi connectivity index (χ2n) is 6.73. The molecule has 1 aliphatic rings. The van der Waals surface area contributed by atoms with Crippen LogP contribution in [0.1, 0.15) is 36.7 Å². The number of hydrogen-bond acceptors (Lipinski definition) is 3. The van der Waals surface area contributed by atoms with E-state index in [0.717, 1.165) is 42.7 Å². The van der Waals surface area contributed by atoms with Gasteiger partial charge >= 0.3 is 0 Å². The Balaban J connectivity index is 1.70. The number of nitrogens with zero attached hydrogens (tertiary/aromatic N) is 2. The van der Waals surface area contributed by atoms with E-state index in [2.05, 4.69) is 47.1 Å². The Labute approximate surface area is 147 Å². The van der Waals surface area contributed by atoms with Gasteiger partial charge in [0.15, 0.2) is 0 Å². The zero-order chi connectivity index (χ0) is 17.2. The Morgan fingerprint density at radius 1 is 1.16 bits per heavy atom. The molecule has 1 N–H and O–H groups in total. The predicted octanol–water partition coefficient (Wildman–Crippen LogP) is 3.83. The molecule has 1 aliphatic heterocycles. The number of benzene rings is 2. The SMILES string of the molecule is CCc1ccc2nc(CN3CCCCc4ccccc43)[nH]c(=O)c2c1. The van der Waals surface area contributed by atoms with Crippen molar-refractivity contribution in [2.45, 2.75) is 39.2 Å². The largest absolute Gasteiger partial charge is 0.364 e. The maximum atomic E-state index is 12.5. The van der Waals surface area contributed by atoms with Crippen molar-refractivity contribution in [3.05, 3.63) is 69.8 Å². The van der Waals surface area contributed by atoms with E-state index in [4.69, 9.17) is 4.98 Å². The molecule has 25 heavy (non-hydrogen) atoms. The van der Waals surface area contributed by atoms with Crippen LogP contribution >= 0.6 is 0 Å². The summed E-state index contributed by atoms with van der Waals surface area (Å²) in [5.41, 5.74) is 4.55. The van der Waals surface area contributed by atoms with E-state index in [9.17, 15) is 4.79 Å². The molecule has 1 aromatic heterocycles. The van der Waals surface area contributed by atoms with Crippen LogP contribution in [0.5, 0.6) is 0 Å². The number of anilines is 1. The number of nitrogens with one attached hydrogen (secondary N) is 1. The van der Waals surface area contributed by atoms with E-state index >= 15 is 0 Å². The standard InChI is InChI=1S/C21H23N3O/c1-2-15-10-11-18-17(13-15)21(25)23-20(22-18)14-24-12-6-5-8-16-7-3-4-9-19(16)24/h3-4,7,9-11,13H,2,5-6,8,12,14H2,1H3,(H,22,23,25). The third-order valence-electron chi connectivity index (χ3n) is 5.02. The third kappa shape index (κ3) is 3.16. The quantitative estimate of drug-likeness (QED) is 0.792. The molecule has 0 atom stereocenters. The van der Waals surface area contributed by atoms with Crippen LogP contribution in [0, 0.1) is 0 Å². The van der Waals surface area contributed by atoms with Gasteiger partial charge in [0.05, 0.1) is 17.4 Å². The molecular weight excluding hydrogens is 310 g/mol. The van der Waals surface area contributed by atoms with E-state index < -0.39 is 0 Å². The van der Waals surface area contributed by atoms with Gasteiger partial charge in [0.1, 0.15) is 5.82 Å². The number of aromatic nitrogens is 2. The summed E-state index contributed by atoms with van der Waals surface area (Å²) in [4.78, 5) is 22.6. The van der Waals surface area contributed by atoms with Gasteiger partial charge in [-0.2, -0.15) is 0 Å². The minimum absolute atomic E-state index is 0.0431. The van der Waals surface area contributed by atoms with Crippen LogP contribution in [0.3, 0.4) is 0 Å².